The second-order valence-electron chi connectivity index (χ2n) is 7.13. The van der Waals surface area contributed by atoms with Gasteiger partial charge in [-0.2, -0.15) is 8.78 Å². The van der Waals surface area contributed by atoms with Crippen molar-refractivity contribution in [3.63, 3.8) is 0 Å². The van der Waals surface area contributed by atoms with Gasteiger partial charge >= 0.3 is 40.8 Å². The Morgan fingerprint density at radius 2 is 1.78 bits per heavy atom. The van der Waals surface area contributed by atoms with Crippen LogP contribution in [0, 0.1) is 17.3 Å². The molecule has 1 N–H and O–H groups in total. The Bertz CT molecular complexity index is 594. The topological polar surface area (TPSA) is 104 Å². The van der Waals surface area contributed by atoms with Gasteiger partial charge in [0, 0.05) is 0 Å². The first-order valence-corrected chi connectivity index (χ1v) is 8.59. The Kier molecular flexibility index (Phi) is 4.99. The van der Waals surface area contributed by atoms with E-state index in [2.05, 4.69) is 4.74 Å². The summed E-state index contributed by atoms with van der Waals surface area (Å²) in [5.41, 5.74) is -1.99. The van der Waals surface area contributed by atoms with E-state index in [9.17, 15) is 31.7 Å². The van der Waals surface area contributed by atoms with Crippen LogP contribution in [-0.4, -0.2) is 41.5 Å². The molecule has 4 rings (SSSR count). The minimum Gasteiger partial charge on any atom is -0.743 e. The smallest absolute Gasteiger partial charge is 0.743 e. The molecule has 4 aliphatic rings. The minimum atomic E-state index is -5.88. The molecule has 4 fully saturated rings. The Morgan fingerprint density at radius 1 is 1.26 bits per heavy atom. The van der Waals surface area contributed by atoms with E-state index in [0.29, 0.717) is 25.7 Å². The molecule has 0 radical (unpaired) electrons. The summed E-state index contributed by atoms with van der Waals surface area (Å²) in [7, 11) is -5.88. The molecule has 126 valence electrons. The number of ether oxygens (including phenoxy) is 1. The first-order chi connectivity index (χ1) is 9.95. The van der Waals surface area contributed by atoms with Crippen LogP contribution in [0.2, 0.25) is 0 Å². The Hall–Kier alpha value is 0.200. The van der Waals surface area contributed by atoms with Gasteiger partial charge in [-0.1, -0.05) is 0 Å². The molecule has 0 aliphatic heterocycles. The number of hydrogen-bond donors (Lipinski definition) is 1. The second-order valence-corrected chi connectivity index (χ2v) is 8.64. The van der Waals surface area contributed by atoms with Crippen molar-refractivity contribution in [2.45, 2.75) is 49.4 Å². The summed E-state index contributed by atoms with van der Waals surface area (Å²) < 4.78 is 62.0. The second kappa shape index (κ2) is 5.88. The monoisotopic (exact) mass is 362 g/mol. The van der Waals surface area contributed by atoms with Gasteiger partial charge in [0.1, 0.15) is 0 Å². The number of halogens is 2. The maximum atomic E-state index is 13.1. The van der Waals surface area contributed by atoms with Crippen LogP contribution in [-0.2, 0) is 19.6 Å². The number of esters is 1. The molecule has 0 spiro atoms. The molecule has 0 heterocycles. The summed E-state index contributed by atoms with van der Waals surface area (Å²) in [6, 6.07) is 0. The zero-order valence-corrected chi connectivity index (χ0v) is 15.6. The zero-order chi connectivity index (χ0) is 16.4. The molecule has 2 atom stereocenters. The summed E-state index contributed by atoms with van der Waals surface area (Å²) in [4.78, 5) is 12.2. The van der Waals surface area contributed by atoms with Crippen molar-refractivity contribution >= 4 is 16.1 Å². The van der Waals surface area contributed by atoms with Gasteiger partial charge < -0.3 is 14.4 Å². The number of aliphatic hydroxyl groups is 1. The van der Waals surface area contributed by atoms with Crippen LogP contribution in [0.15, 0.2) is 0 Å². The molecule has 23 heavy (non-hydrogen) atoms. The first-order valence-electron chi connectivity index (χ1n) is 7.18. The van der Waals surface area contributed by atoms with Crippen molar-refractivity contribution in [2.24, 2.45) is 17.3 Å². The fraction of sp³-hybridized carbons (Fsp3) is 0.923. The van der Waals surface area contributed by atoms with Crippen molar-refractivity contribution in [3.8, 4) is 0 Å². The Labute approximate surface area is 155 Å². The third-order valence-electron chi connectivity index (χ3n) is 5.20. The SMILES string of the molecule is O=C(OCC(F)(F)S(=O)(=O)[O-])C12CC3CC(CC(O)(C3)C1)C2.[Na+]. The van der Waals surface area contributed by atoms with Crippen LogP contribution in [0.3, 0.4) is 0 Å². The average Bonchev–Trinajstić information content (AvgIpc) is 2.31. The standard InChI is InChI=1S/C13H18F2O6S.Na/c14-13(15,22(18,19)20)7-21-10(16)11-2-8-1-9(3-11)5-12(17,4-8)6-11;/h8-9,17H,1-7H2,(H,18,19,20);/q;+1/p-1. The molecule has 4 saturated carbocycles. The summed E-state index contributed by atoms with van der Waals surface area (Å²) >= 11 is 0. The van der Waals surface area contributed by atoms with Crippen molar-refractivity contribution in [2.75, 3.05) is 6.61 Å². The fourth-order valence-electron chi connectivity index (χ4n) is 4.83. The van der Waals surface area contributed by atoms with Gasteiger partial charge in [-0.25, -0.2) is 8.42 Å². The van der Waals surface area contributed by atoms with Crippen LogP contribution in [0.25, 0.3) is 0 Å². The normalized spacial score (nSPS) is 39.0. The fourth-order valence-corrected chi connectivity index (χ4v) is 5.03. The van der Waals surface area contributed by atoms with Crippen LogP contribution in [0.5, 0.6) is 0 Å². The van der Waals surface area contributed by atoms with Crippen molar-refractivity contribution < 1.29 is 65.9 Å². The van der Waals surface area contributed by atoms with Crippen LogP contribution < -0.4 is 29.6 Å². The van der Waals surface area contributed by atoms with Gasteiger partial charge in [0.2, 0.25) is 0 Å². The molecule has 0 aromatic rings. The van der Waals surface area contributed by atoms with E-state index >= 15 is 0 Å². The molecule has 4 bridgehead atoms. The van der Waals surface area contributed by atoms with E-state index in [0.717, 1.165) is 6.42 Å². The van der Waals surface area contributed by atoms with E-state index in [1.54, 1.807) is 0 Å². The predicted octanol–water partition coefficient (Wildman–Crippen LogP) is -2.00. The van der Waals surface area contributed by atoms with Gasteiger partial charge in [-0.05, 0) is 50.4 Å². The zero-order valence-electron chi connectivity index (χ0n) is 12.8. The van der Waals surface area contributed by atoms with Crippen molar-refractivity contribution in [3.05, 3.63) is 0 Å². The van der Waals surface area contributed by atoms with Gasteiger partial charge in [0.15, 0.2) is 16.7 Å². The van der Waals surface area contributed by atoms with E-state index < -0.39 is 39.0 Å². The van der Waals surface area contributed by atoms with Crippen LogP contribution in [0.4, 0.5) is 8.78 Å². The van der Waals surface area contributed by atoms with Gasteiger partial charge in [-0.3, -0.25) is 4.79 Å². The Morgan fingerprint density at radius 3 is 2.22 bits per heavy atom. The number of alkyl halides is 2. The van der Waals surface area contributed by atoms with Crippen molar-refractivity contribution in [1.82, 2.24) is 0 Å². The van der Waals surface area contributed by atoms with Gasteiger partial charge in [0.25, 0.3) is 0 Å². The molecule has 6 nitrogen and oxygen atoms in total. The van der Waals surface area contributed by atoms with E-state index in [1.165, 1.54) is 0 Å². The van der Waals surface area contributed by atoms with E-state index in [1.807, 2.05) is 0 Å². The van der Waals surface area contributed by atoms with Gasteiger partial charge in [-0.15, -0.1) is 0 Å². The predicted molar refractivity (Wildman–Crippen MR) is 67.7 cm³/mol. The molecule has 0 aromatic heterocycles. The van der Waals surface area contributed by atoms with Crippen molar-refractivity contribution in [1.29, 1.82) is 0 Å². The van der Waals surface area contributed by atoms with E-state index in [-0.39, 0.29) is 47.8 Å². The third-order valence-corrected chi connectivity index (χ3v) is 6.05. The summed E-state index contributed by atoms with van der Waals surface area (Å²) in [5.74, 6) is -0.617. The third kappa shape index (κ3) is 3.46. The molecule has 0 aromatic carbocycles. The summed E-state index contributed by atoms with van der Waals surface area (Å²) in [6.07, 6.45) is 3.18. The van der Waals surface area contributed by atoms with E-state index in [4.69, 9.17) is 0 Å². The number of hydrogen-bond acceptors (Lipinski definition) is 6. The largest absolute Gasteiger partial charge is 1.00 e. The minimum absolute atomic E-state index is 0. The maximum absolute atomic E-state index is 13.1. The molecule has 0 amide bonds. The summed E-state index contributed by atoms with van der Waals surface area (Å²) in [5, 5.41) is 5.84. The van der Waals surface area contributed by atoms with Crippen LogP contribution in [0.1, 0.15) is 38.5 Å². The number of rotatable bonds is 4. The van der Waals surface area contributed by atoms with Gasteiger partial charge in [0.05, 0.1) is 11.0 Å². The molecule has 10 heteroatoms. The van der Waals surface area contributed by atoms with Crippen LogP contribution >= 0.6 is 0 Å². The average molecular weight is 362 g/mol. The first kappa shape index (κ1) is 19.5. The molecule has 0 saturated heterocycles. The summed E-state index contributed by atoms with van der Waals surface area (Å²) in [6.45, 7) is -1.77. The Balaban J connectivity index is 0.00000192. The quantitative estimate of drug-likeness (QED) is 0.353. The molecule has 4 aliphatic carbocycles. The molecule has 2 unspecified atom stereocenters. The molecular formula is C13H17F2NaO6S. The number of carbonyl (C=O) groups is 1. The molecular weight excluding hydrogens is 345 g/mol. The number of carbonyl (C=O) groups excluding carboxylic acids is 1. The maximum Gasteiger partial charge on any atom is 1.00 e.